The Kier molecular flexibility index (Phi) is 4.72. The van der Waals surface area contributed by atoms with Gasteiger partial charge in [-0.2, -0.15) is 0 Å². The van der Waals surface area contributed by atoms with Crippen molar-refractivity contribution in [2.45, 2.75) is 58.0 Å². The number of hydrogen-bond donors (Lipinski definition) is 2. The Balaban J connectivity index is 1.54. The molecule has 154 valence electrons. The summed E-state index contributed by atoms with van der Waals surface area (Å²) in [6, 6.07) is 12.3. The molecule has 2 aliphatic heterocycles. The summed E-state index contributed by atoms with van der Waals surface area (Å²) in [7, 11) is 0. The maximum Gasteiger partial charge on any atom is 0.265 e. The highest BCUT2D eigenvalue weighted by Gasteiger charge is 2.35. The van der Waals surface area contributed by atoms with Crippen LogP contribution in [-0.2, 0) is 15.6 Å². The summed E-state index contributed by atoms with van der Waals surface area (Å²) in [4.78, 5) is 12.8. The van der Waals surface area contributed by atoms with Gasteiger partial charge in [0.2, 0.25) is 0 Å². The molecular weight excluding hydrogens is 364 g/mol. The third kappa shape index (κ3) is 3.91. The number of hydrogen-bond acceptors (Lipinski definition) is 4. The van der Waals surface area contributed by atoms with E-state index in [0.29, 0.717) is 13.0 Å². The Bertz CT molecular complexity index is 944. The van der Waals surface area contributed by atoms with Crippen molar-refractivity contribution >= 4 is 17.3 Å². The van der Waals surface area contributed by atoms with Crippen LogP contribution >= 0.6 is 0 Å². The summed E-state index contributed by atoms with van der Waals surface area (Å²) in [5.41, 5.74) is 3.87. The molecule has 29 heavy (non-hydrogen) atoms. The van der Waals surface area contributed by atoms with Crippen LogP contribution in [0.5, 0.6) is 11.5 Å². The van der Waals surface area contributed by atoms with E-state index in [1.807, 2.05) is 18.2 Å². The summed E-state index contributed by atoms with van der Waals surface area (Å²) in [5.74, 6) is 1.53. The lowest BCUT2D eigenvalue weighted by atomic mass is 9.79. The molecule has 0 saturated heterocycles. The van der Waals surface area contributed by atoms with Gasteiger partial charge in [-0.3, -0.25) is 4.79 Å². The smallest absolute Gasteiger partial charge is 0.265 e. The molecule has 2 aromatic carbocycles. The molecule has 2 N–H and O–H groups in total. The highest BCUT2D eigenvalue weighted by molar-refractivity contribution is 5.98. The maximum atomic E-state index is 12.8. The van der Waals surface area contributed by atoms with Crippen molar-refractivity contribution in [3.63, 3.8) is 0 Å². The van der Waals surface area contributed by atoms with Crippen LogP contribution in [0.2, 0.25) is 0 Å². The lowest BCUT2D eigenvalue weighted by Crippen LogP contribution is -2.41. The van der Waals surface area contributed by atoms with Gasteiger partial charge >= 0.3 is 0 Å². The van der Waals surface area contributed by atoms with E-state index in [0.717, 1.165) is 35.0 Å². The van der Waals surface area contributed by atoms with Crippen LogP contribution in [0.15, 0.2) is 36.4 Å². The van der Waals surface area contributed by atoms with Crippen molar-refractivity contribution in [2.75, 3.05) is 23.8 Å². The zero-order valence-corrected chi connectivity index (χ0v) is 17.9. The molecule has 0 radical (unpaired) electrons. The van der Waals surface area contributed by atoms with E-state index >= 15 is 0 Å². The fraction of sp³-hybridized carbons (Fsp3) is 0.458. The van der Waals surface area contributed by atoms with Crippen LogP contribution in [0.25, 0.3) is 0 Å². The minimum Gasteiger partial charge on any atom is -0.490 e. The highest BCUT2D eigenvalue weighted by atomic mass is 16.5. The standard InChI is InChI=1S/C24H30N2O3/c1-23(2,3)15-6-9-20-18(12-15)26-22(27)21(29-20)14-24(4,5)16-7-8-19-17(13-16)25-10-11-28-19/h6-9,12-13,21,25H,10-11,14H2,1-5H3,(H,26,27). The number of fused-ring (bicyclic) bond motifs is 2. The van der Waals surface area contributed by atoms with Crippen LogP contribution in [0.1, 0.15) is 52.2 Å². The molecule has 5 nitrogen and oxygen atoms in total. The van der Waals surface area contributed by atoms with Crippen LogP contribution in [0.3, 0.4) is 0 Å². The van der Waals surface area contributed by atoms with E-state index in [1.165, 1.54) is 5.56 Å². The minimum atomic E-state index is -0.529. The molecule has 0 aliphatic carbocycles. The topological polar surface area (TPSA) is 59.6 Å². The monoisotopic (exact) mass is 394 g/mol. The summed E-state index contributed by atoms with van der Waals surface area (Å²) < 4.78 is 11.8. The number of anilines is 2. The van der Waals surface area contributed by atoms with Gasteiger partial charge in [0.25, 0.3) is 5.91 Å². The van der Waals surface area contributed by atoms with Gasteiger partial charge in [0, 0.05) is 13.0 Å². The van der Waals surface area contributed by atoms with Gasteiger partial charge < -0.3 is 20.1 Å². The van der Waals surface area contributed by atoms with E-state index < -0.39 is 6.10 Å². The first-order chi connectivity index (χ1) is 13.6. The van der Waals surface area contributed by atoms with E-state index in [4.69, 9.17) is 9.47 Å². The fourth-order valence-electron chi connectivity index (χ4n) is 3.89. The predicted molar refractivity (Wildman–Crippen MR) is 116 cm³/mol. The molecule has 0 fully saturated rings. The minimum absolute atomic E-state index is 0.0167. The van der Waals surface area contributed by atoms with Gasteiger partial charge in [0.1, 0.15) is 18.1 Å². The predicted octanol–water partition coefficient (Wildman–Crippen LogP) is 4.86. The van der Waals surface area contributed by atoms with Crippen molar-refractivity contribution in [2.24, 2.45) is 0 Å². The second-order valence-corrected chi connectivity index (χ2v) is 9.63. The van der Waals surface area contributed by atoms with E-state index in [2.05, 4.69) is 63.5 Å². The van der Waals surface area contributed by atoms with Gasteiger partial charge in [0.15, 0.2) is 6.10 Å². The second-order valence-electron chi connectivity index (χ2n) is 9.63. The van der Waals surface area contributed by atoms with E-state index in [9.17, 15) is 4.79 Å². The largest absolute Gasteiger partial charge is 0.490 e. The third-order valence-corrected chi connectivity index (χ3v) is 5.80. The van der Waals surface area contributed by atoms with E-state index in [-0.39, 0.29) is 16.7 Å². The van der Waals surface area contributed by atoms with Crippen LogP contribution in [0, 0.1) is 0 Å². The molecule has 0 spiro atoms. The summed E-state index contributed by atoms with van der Waals surface area (Å²) >= 11 is 0. The quantitative estimate of drug-likeness (QED) is 0.781. The number of rotatable bonds is 3. The van der Waals surface area contributed by atoms with Crippen LogP contribution in [0.4, 0.5) is 11.4 Å². The Morgan fingerprint density at radius 3 is 2.41 bits per heavy atom. The number of carbonyl (C=O) groups excluding carboxylic acids is 1. The molecule has 0 bridgehead atoms. The number of nitrogens with one attached hydrogen (secondary N) is 2. The fourth-order valence-corrected chi connectivity index (χ4v) is 3.89. The Hall–Kier alpha value is -2.69. The summed E-state index contributed by atoms with van der Waals surface area (Å²) in [6.07, 6.45) is 0.0529. The Labute approximate surface area is 172 Å². The lowest BCUT2D eigenvalue weighted by Gasteiger charge is -2.34. The Morgan fingerprint density at radius 2 is 1.66 bits per heavy atom. The van der Waals surface area contributed by atoms with Gasteiger partial charge in [-0.05, 0) is 46.2 Å². The van der Waals surface area contributed by atoms with Gasteiger partial charge in [0.05, 0.1) is 11.4 Å². The van der Waals surface area contributed by atoms with Gasteiger partial charge in [-0.25, -0.2) is 0 Å². The molecule has 4 rings (SSSR count). The molecule has 0 saturated carbocycles. The van der Waals surface area contributed by atoms with Gasteiger partial charge in [-0.1, -0.05) is 46.8 Å². The third-order valence-electron chi connectivity index (χ3n) is 5.80. The SMILES string of the molecule is CC(C)(C)c1ccc2c(c1)NC(=O)C(CC(C)(C)c1ccc3c(c1)NCCO3)O2. The average molecular weight is 395 g/mol. The Morgan fingerprint density at radius 1 is 0.966 bits per heavy atom. The molecule has 1 atom stereocenters. The van der Waals surface area contributed by atoms with Crippen LogP contribution < -0.4 is 20.1 Å². The summed E-state index contributed by atoms with van der Waals surface area (Å²) in [5, 5.41) is 6.43. The zero-order valence-electron chi connectivity index (χ0n) is 17.9. The lowest BCUT2D eigenvalue weighted by molar-refractivity contribution is -0.124. The highest BCUT2D eigenvalue weighted by Crippen LogP contribution is 2.39. The number of amides is 1. The first-order valence-electron chi connectivity index (χ1n) is 10.3. The van der Waals surface area contributed by atoms with Gasteiger partial charge in [-0.15, -0.1) is 0 Å². The first kappa shape index (κ1) is 19.6. The van der Waals surface area contributed by atoms with E-state index in [1.54, 1.807) is 0 Å². The van der Waals surface area contributed by atoms with Crippen molar-refractivity contribution in [1.29, 1.82) is 0 Å². The maximum absolute atomic E-state index is 12.8. The molecular formula is C24H30N2O3. The molecule has 0 aromatic heterocycles. The number of carbonyl (C=O) groups is 1. The molecule has 2 aromatic rings. The molecule has 1 amide bonds. The number of benzene rings is 2. The first-order valence-corrected chi connectivity index (χ1v) is 10.3. The van der Waals surface area contributed by atoms with Crippen molar-refractivity contribution in [3.05, 3.63) is 47.5 Å². The second kappa shape index (κ2) is 6.97. The molecule has 1 unspecified atom stereocenters. The van der Waals surface area contributed by atoms with Crippen molar-refractivity contribution < 1.29 is 14.3 Å². The van der Waals surface area contributed by atoms with Crippen LogP contribution in [-0.4, -0.2) is 25.2 Å². The molecule has 5 heteroatoms. The number of ether oxygens (including phenoxy) is 2. The molecule has 2 heterocycles. The average Bonchev–Trinajstić information content (AvgIpc) is 2.67. The van der Waals surface area contributed by atoms with Crippen molar-refractivity contribution in [3.8, 4) is 11.5 Å². The summed E-state index contributed by atoms with van der Waals surface area (Å²) in [6.45, 7) is 12.2. The molecule has 2 aliphatic rings. The normalized spacial score (nSPS) is 18.5. The van der Waals surface area contributed by atoms with Crippen molar-refractivity contribution in [1.82, 2.24) is 0 Å². The zero-order chi connectivity index (χ0) is 20.8.